The van der Waals surface area contributed by atoms with Crippen LogP contribution >= 0.6 is 0 Å². The number of nitrogens with zero attached hydrogens (tertiary/aromatic N) is 1. The molecule has 1 unspecified atom stereocenters. The summed E-state index contributed by atoms with van der Waals surface area (Å²) in [6, 6.07) is -0.299. The van der Waals surface area contributed by atoms with Crippen molar-refractivity contribution >= 4 is 17.8 Å². The summed E-state index contributed by atoms with van der Waals surface area (Å²) in [6.45, 7) is -1.22. The predicted molar refractivity (Wildman–Crippen MR) is 57.2 cm³/mol. The number of aliphatic carboxylic acids is 2. The lowest BCUT2D eigenvalue weighted by Crippen LogP contribution is -2.42. The summed E-state index contributed by atoms with van der Waals surface area (Å²) in [5.74, 6) is -2.68. The van der Waals surface area contributed by atoms with Gasteiger partial charge in [-0.3, -0.25) is 14.4 Å². The molecule has 0 aromatic carbocycles. The first-order chi connectivity index (χ1) is 7.90. The molecule has 0 aromatic rings. The molecule has 96 valence electrons. The zero-order chi connectivity index (χ0) is 13.0. The average Bonchev–Trinajstić information content (AvgIpc) is 2.97. The fourth-order valence-electron chi connectivity index (χ4n) is 1.58. The molecule has 0 heterocycles. The van der Waals surface area contributed by atoms with Gasteiger partial charge in [-0.15, -0.1) is 0 Å². The molecule has 1 rings (SSSR count). The first kappa shape index (κ1) is 13.4. The van der Waals surface area contributed by atoms with Crippen LogP contribution in [0.5, 0.6) is 0 Å². The summed E-state index contributed by atoms with van der Waals surface area (Å²) in [6.07, 6.45) is 1.96. The smallest absolute Gasteiger partial charge is 0.323 e. The lowest BCUT2D eigenvalue weighted by atomic mass is 10.1. The Hall–Kier alpha value is -1.63. The van der Waals surface area contributed by atoms with Crippen LogP contribution < -0.4 is 5.73 Å². The Bertz CT molecular complexity index is 311. The molecule has 0 saturated heterocycles. The fraction of sp³-hybridized carbons (Fsp3) is 0.700. The predicted octanol–water partition coefficient (Wildman–Crippen LogP) is -0.888. The zero-order valence-electron chi connectivity index (χ0n) is 9.33. The number of hydrogen-bond donors (Lipinski definition) is 3. The van der Waals surface area contributed by atoms with Crippen molar-refractivity contribution in [1.29, 1.82) is 0 Å². The summed E-state index contributed by atoms with van der Waals surface area (Å²) in [4.78, 5) is 33.5. The highest BCUT2D eigenvalue weighted by molar-refractivity contribution is 5.85. The highest BCUT2D eigenvalue weighted by Crippen LogP contribution is 2.32. The van der Waals surface area contributed by atoms with Crippen LogP contribution in [0.3, 0.4) is 0 Å². The molecule has 0 spiro atoms. The highest BCUT2D eigenvalue weighted by Gasteiger charge is 2.31. The third kappa shape index (κ3) is 4.81. The van der Waals surface area contributed by atoms with E-state index in [1.165, 1.54) is 0 Å². The first-order valence-electron chi connectivity index (χ1n) is 5.37. The van der Waals surface area contributed by atoms with E-state index in [-0.39, 0.29) is 12.5 Å². The summed E-state index contributed by atoms with van der Waals surface area (Å²) >= 11 is 0. The molecule has 0 bridgehead atoms. The van der Waals surface area contributed by atoms with Crippen molar-refractivity contribution in [3.8, 4) is 0 Å². The third-order valence-corrected chi connectivity index (χ3v) is 2.64. The molecule has 0 aliphatic heterocycles. The molecule has 1 amide bonds. The molecule has 17 heavy (non-hydrogen) atoms. The maximum Gasteiger partial charge on any atom is 0.323 e. The van der Waals surface area contributed by atoms with E-state index in [2.05, 4.69) is 0 Å². The maximum atomic E-state index is 11.7. The standard InChI is InChI=1S/C10H16N2O5/c11-7(6-1-2-6)3-8(13)12(4-9(14)15)5-10(16)17/h6-7H,1-5,11H2,(H,14,15)(H,16,17). The van der Waals surface area contributed by atoms with E-state index >= 15 is 0 Å². The Kier molecular flexibility index (Phi) is 4.45. The molecule has 0 radical (unpaired) electrons. The largest absolute Gasteiger partial charge is 0.480 e. The summed E-state index contributed by atoms with van der Waals surface area (Å²) in [5, 5.41) is 17.2. The number of rotatable bonds is 7. The van der Waals surface area contributed by atoms with Gasteiger partial charge in [0.25, 0.3) is 0 Å². The van der Waals surface area contributed by atoms with Gasteiger partial charge in [0, 0.05) is 12.5 Å². The van der Waals surface area contributed by atoms with Crippen LogP contribution in [0.25, 0.3) is 0 Å². The molecule has 1 aliphatic rings. The van der Waals surface area contributed by atoms with E-state index < -0.39 is 30.9 Å². The summed E-state index contributed by atoms with van der Waals surface area (Å²) in [5.41, 5.74) is 5.74. The quantitative estimate of drug-likeness (QED) is 0.534. The van der Waals surface area contributed by atoms with E-state index in [0.717, 1.165) is 17.7 Å². The van der Waals surface area contributed by atoms with Gasteiger partial charge in [-0.1, -0.05) is 0 Å². The normalized spacial score (nSPS) is 16.3. The lowest BCUT2D eigenvalue weighted by Gasteiger charge is -2.20. The Morgan fingerprint density at radius 2 is 1.65 bits per heavy atom. The van der Waals surface area contributed by atoms with Crippen molar-refractivity contribution in [2.45, 2.75) is 25.3 Å². The number of nitrogens with two attached hydrogens (primary N) is 1. The number of amides is 1. The van der Waals surface area contributed by atoms with Gasteiger partial charge in [0.1, 0.15) is 13.1 Å². The fourth-order valence-corrected chi connectivity index (χ4v) is 1.58. The number of carbonyl (C=O) groups is 3. The van der Waals surface area contributed by atoms with Gasteiger partial charge in [-0.2, -0.15) is 0 Å². The second kappa shape index (κ2) is 5.62. The minimum atomic E-state index is -1.24. The number of carboxylic acids is 2. The molecule has 4 N–H and O–H groups in total. The van der Waals surface area contributed by atoms with Gasteiger partial charge in [-0.25, -0.2) is 0 Å². The minimum Gasteiger partial charge on any atom is -0.480 e. The molecule has 1 fully saturated rings. The summed E-state index contributed by atoms with van der Waals surface area (Å²) in [7, 11) is 0. The van der Waals surface area contributed by atoms with Gasteiger partial charge in [0.2, 0.25) is 5.91 Å². The van der Waals surface area contributed by atoms with E-state index in [1.807, 2.05) is 0 Å². The molecular formula is C10H16N2O5. The minimum absolute atomic E-state index is 0.00519. The van der Waals surface area contributed by atoms with Crippen LogP contribution in [0, 0.1) is 5.92 Å². The van der Waals surface area contributed by atoms with E-state index in [1.54, 1.807) is 0 Å². The van der Waals surface area contributed by atoms with Gasteiger partial charge >= 0.3 is 11.9 Å². The van der Waals surface area contributed by atoms with Crippen molar-refractivity contribution in [3.05, 3.63) is 0 Å². The second-order valence-electron chi connectivity index (χ2n) is 4.24. The van der Waals surface area contributed by atoms with Crippen LogP contribution in [0.15, 0.2) is 0 Å². The lowest BCUT2D eigenvalue weighted by molar-refractivity contribution is -0.149. The molecule has 7 heteroatoms. The van der Waals surface area contributed by atoms with Gasteiger partial charge in [-0.05, 0) is 18.8 Å². The maximum absolute atomic E-state index is 11.7. The van der Waals surface area contributed by atoms with Crippen LogP contribution in [0.2, 0.25) is 0 Å². The third-order valence-electron chi connectivity index (χ3n) is 2.64. The van der Waals surface area contributed by atoms with Crippen molar-refractivity contribution in [2.24, 2.45) is 11.7 Å². The van der Waals surface area contributed by atoms with E-state index in [0.29, 0.717) is 5.92 Å². The molecule has 0 aromatic heterocycles. The Labute approximate surface area is 98.2 Å². The topological polar surface area (TPSA) is 121 Å². The first-order valence-corrected chi connectivity index (χ1v) is 5.37. The van der Waals surface area contributed by atoms with Crippen molar-refractivity contribution < 1.29 is 24.6 Å². The summed E-state index contributed by atoms with van der Waals surface area (Å²) < 4.78 is 0. The van der Waals surface area contributed by atoms with Crippen molar-refractivity contribution in [2.75, 3.05) is 13.1 Å². The number of carbonyl (C=O) groups excluding carboxylic acids is 1. The molecule has 1 saturated carbocycles. The Balaban J connectivity index is 2.51. The van der Waals surface area contributed by atoms with Crippen molar-refractivity contribution in [3.63, 3.8) is 0 Å². The van der Waals surface area contributed by atoms with Gasteiger partial charge in [0.15, 0.2) is 0 Å². The zero-order valence-corrected chi connectivity index (χ0v) is 9.33. The molecule has 7 nitrogen and oxygen atoms in total. The highest BCUT2D eigenvalue weighted by atomic mass is 16.4. The molecular weight excluding hydrogens is 228 g/mol. The Morgan fingerprint density at radius 1 is 1.18 bits per heavy atom. The van der Waals surface area contributed by atoms with Crippen LogP contribution in [0.4, 0.5) is 0 Å². The Morgan fingerprint density at radius 3 is 2.00 bits per heavy atom. The van der Waals surface area contributed by atoms with Gasteiger partial charge < -0.3 is 20.8 Å². The number of hydrogen-bond acceptors (Lipinski definition) is 4. The number of carboxylic acid groups (broad SMARTS) is 2. The van der Waals surface area contributed by atoms with E-state index in [4.69, 9.17) is 15.9 Å². The van der Waals surface area contributed by atoms with E-state index in [9.17, 15) is 14.4 Å². The van der Waals surface area contributed by atoms with Crippen LogP contribution in [0.1, 0.15) is 19.3 Å². The van der Waals surface area contributed by atoms with Crippen molar-refractivity contribution in [1.82, 2.24) is 4.90 Å². The average molecular weight is 244 g/mol. The second-order valence-corrected chi connectivity index (χ2v) is 4.24. The van der Waals surface area contributed by atoms with Crippen LogP contribution in [-0.2, 0) is 14.4 Å². The SMILES string of the molecule is NC(CC(=O)N(CC(=O)O)CC(=O)O)C1CC1. The monoisotopic (exact) mass is 244 g/mol. The van der Waals surface area contributed by atoms with Crippen LogP contribution in [-0.4, -0.2) is 52.1 Å². The molecule has 1 atom stereocenters. The molecule has 1 aliphatic carbocycles. The van der Waals surface area contributed by atoms with Gasteiger partial charge in [0.05, 0.1) is 0 Å².